The van der Waals surface area contributed by atoms with Crippen molar-refractivity contribution in [2.45, 2.75) is 32.6 Å². The maximum atomic E-state index is 11.8. The molecule has 0 saturated heterocycles. The van der Waals surface area contributed by atoms with Crippen molar-refractivity contribution < 1.29 is 9.53 Å². The van der Waals surface area contributed by atoms with E-state index in [1.165, 1.54) is 12.8 Å². The fraction of sp³-hybridized carbons (Fsp3) is 0.500. The number of ether oxygens (including phenoxy) is 1. The van der Waals surface area contributed by atoms with E-state index in [0.717, 1.165) is 24.2 Å². The van der Waals surface area contributed by atoms with Gasteiger partial charge in [0, 0.05) is 5.92 Å². The summed E-state index contributed by atoms with van der Waals surface area (Å²) in [6.07, 6.45) is 4.49. The van der Waals surface area contributed by atoms with E-state index in [-0.39, 0.29) is 18.3 Å². The molecule has 86 valence electrons. The van der Waals surface area contributed by atoms with Crippen molar-refractivity contribution in [1.29, 1.82) is 0 Å². The molecule has 2 rings (SSSR count). The van der Waals surface area contributed by atoms with Crippen LogP contribution in [0.5, 0.6) is 5.75 Å². The molecule has 16 heavy (non-hydrogen) atoms. The van der Waals surface area contributed by atoms with E-state index in [4.69, 9.17) is 4.74 Å². The minimum Gasteiger partial charge on any atom is -0.486 e. The van der Waals surface area contributed by atoms with Gasteiger partial charge in [-0.15, -0.1) is 0 Å². The lowest BCUT2D eigenvalue weighted by Gasteiger charge is -2.11. The molecule has 0 spiro atoms. The normalized spacial score (nSPS) is 16.3. The van der Waals surface area contributed by atoms with Gasteiger partial charge < -0.3 is 4.74 Å². The van der Waals surface area contributed by atoms with Gasteiger partial charge in [0.15, 0.2) is 5.78 Å². The molecule has 1 saturated carbocycles. The van der Waals surface area contributed by atoms with E-state index in [0.29, 0.717) is 0 Å². The number of aryl methyl sites for hydroxylation is 1. The Balaban J connectivity index is 1.87. The zero-order chi connectivity index (χ0) is 11.4. The van der Waals surface area contributed by atoms with Gasteiger partial charge in [0.25, 0.3) is 0 Å². The Morgan fingerprint density at radius 2 is 2.00 bits per heavy atom. The van der Waals surface area contributed by atoms with Gasteiger partial charge in [-0.3, -0.25) is 4.79 Å². The monoisotopic (exact) mass is 218 g/mol. The van der Waals surface area contributed by atoms with Crippen molar-refractivity contribution in [3.63, 3.8) is 0 Å². The van der Waals surface area contributed by atoms with Crippen molar-refractivity contribution in [2.24, 2.45) is 5.92 Å². The van der Waals surface area contributed by atoms with E-state index in [2.05, 4.69) is 0 Å². The van der Waals surface area contributed by atoms with Crippen LogP contribution >= 0.6 is 0 Å². The van der Waals surface area contributed by atoms with Crippen molar-refractivity contribution in [3.8, 4) is 5.75 Å². The number of carbonyl (C=O) groups is 1. The number of hydrogen-bond acceptors (Lipinski definition) is 2. The van der Waals surface area contributed by atoms with Gasteiger partial charge in [-0.1, -0.05) is 31.0 Å². The molecule has 0 radical (unpaired) electrons. The van der Waals surface area contributed by atoms with E-state index in [1.54, 1.807) is 0 Å². The molecular weight excluding hydrogens is 200 g/mol. The van der Waals surface area contributed by atoms with E-state index >= 15 is 0 Å². The fourth-order valence-corrected chi connectivity index (χ4v) is 2.23. The second-order valence-electron chi connectivity index (χ2n) is 4.50. The zero-order valence-electron chi connectivity index (χ0n) is 9.74. The first-order valence-electron chi connectivity index (χ1n) is 5.98. The van der Waals surface area contributed by atoms with Crippen molar-refractivity contribution in [1.82, 2.24) is 0 Å². The van der Waals surface area contributed by atoms with Gasteiger partial charge in [0.1, 0.15) is 12.4 Å². The van der Waals surface area contributed by atoms with Crippen LogP contribution in [0.15, 0.2) is 24.3 Å². The zero-order valence-corrected chi connectivity index (χ0v) is 9.74. The summed E-state index contributed by atoms with van der Waals surface area (Å²) in [4.78, 5) is 11.8. The summed E-state index contributed by atoms with van der Waals surface area (Å²) in [6.45, 7) is 2.23. The lowest BCUT2D eigenvalue weighted by molar-refractivity contribution is -0.124. The Morgan fingerprint density at radius 1 is 1.31 bits per heavy atom. The molecule has 1 aliphatic rings. The van der Waals surface area contributed by atoms with Gasteiger partial charge in [0.05, 0.1) is 0 Å². The van der Waals surface area contributed by atoms with Crippen molar-refractivity contribution in [3.05, 3.63) is 29.8 Å². The van der Waals surface area contributed by atoms with Crippen LogP contribution in [0.25, 0.3) is 0 Å². The number of benzene rings is 1. The number of hydrogen-bond donors (Lipinski definition) is 0. The maximum absolute atomic E-state index is 11.8. The Kier molecular flexibility index (Phi) is 3.60. The highest BCUT2D eigenvalue weighted by molar-refractivity contribution is 5.82. The summed E-state index contributed by atoms with van der Waals surface area (Å²) in [5, 5.41) is 0. The Labute approximate surface area is 96.6 Å². The molecule has 0 atom stereocenters. The number of para-hydroxylation sites is 1. The molecule has 0 heterocycles. The molecule has 0 bridgehead atoms. The van der Waals surface area contributed by atoms with E-state index < -0.39 is 0 Å². The average Bonchev–Trinajstić information content (AvgIpc) is 2.81. The van der Waals surface area contributed by atoms with Gasteiger partial charge in [0.2, 0.25) is 0 Å². The molecule has 1 aromatic carbocycles. The van der Waals surface area contributed by atoms with Crippen LogP contribution in [0, 0.1) is 12.8 Å². The number of carbonyl (C=O) groups excluding carboxylic acids is 1. The van der Waals surface area contributed by atoms with Crippen LogP contribution in [0.4, 0.5) is 0 Å². The molecular formula is C14H18O2. The van der Waals surface area contributed by atoms with E-state index in [9.17, 15) is 4.79 Å². The smallest absolute Gasteiger partial charge is 0.173 e. The van der Waals surface area contributed by atoms with Crippen LogP contribution in [0.1, 0.15) is 31.2 Å². The van der Waals surface area contributed by atoms with Crippen molar-refractivity contribution in [2.75, 3.05) is 6.61 Å². The topological polar surface area (TPSA) is 26.3 Å². The second kappa shape index (κ2) is 5.15. The summed E-state index contributed by atoms with van der Waals surface area (Å²) in [5.41, 5.74) is 1.08. The Hall–Kier alpha value is -1.31. The lowest BCUT2D eigenvalue weighted by Crippen LogP contribution is -2.19. The van der Waals surface area contributed by atoms with Gasteiger partial charge in [-0.2, -0.15) is 0 Å². The Bertz CT molecular complexity index is 365. The summed E-state index contributed by atoms with van der Waals surface area (Å²) in [5.74, 6) is 1.35. The molecule has 2 heteroatoms. The first kappa shape index (κ1) is 11.2. The van der Waals surface area contributed by atoms with Crippen LogP contribution in [0.3, 0.4) is 0 Å². The number of ketones is 1. The standard InChI is InChI=1S/C14H18O2/c1-11-6-2-5-9-14(11)16-10-13(15)12-7-3-4-8-12/h2,5-6,9,12H,3-4,7-8,10H2,1H3. The largest absolute Gasteiger partial charge is 0.486 e. The maximum Gasteiger partial charge on any atom is 0.173 e. The van der Waals surface area contributed by atoms with Crippen LogP contribution in [0.2, 0.25) is 0 Å². The summed E-state index contributed by atoms with van der Waals surface area (Å²) < 4.78 is 5.56. The molecule has 0 N–H and O–H groups in total. The predicted molar refractivity (Wildman–Crippen MR) is 63.6 cm³/mol. The third-order valence-corrected chi connectivity index (χ3v) is 3.27. The number of rotatable bonds is 4. The third kappa shape index (κ3) is 2.63. The molecule has 0 unspecified atom stereocenters. The predicted octanol–water partition coefficient (Wildman–Crippen LogP) is 3.13. The first-order chi connectivity index (χ1) is 7.77. The SMILES string of the molecule is Cc1ccccc1OCC(=O)C1CCCC1. The minimum atomic E-state index is 0.232. The molecule has 2 nitrogen and oxygen atoms in total. The molecule has 0 aromatic heterocycles. The van der Waals surface area contributed by atoms with Crippen LogP contribution in [-0.4, -0.2) is 12.4 Å². The van der Waals surface area contributed by atoms with Gasteiger partial charge in [-0.25, -0.2) is 0 Å². The quantitative estimate of drug-likeness (QED) is 0.776. The average molecular weight is 218 g/mol. The van der Waals surface area contributed by atoms with Crippen molar-refractivity contribution >= 4 is 5.78 Å². The number of Topliss-reactive ketones (excluding diaryl/α,β-unsaturated/α-hetero) is 1. The Morgan fingerprint density at radius 3 is 2.69 bits per heavy atom. The van der Waals surface area contributed by atoms with E-state index in [1.807, 2.05) is 31.2 Å². The minimum absolute atomic E-state index is 0.232. The van der Waals surface area contributed by atoms with Gasteiger partial charge >= 0.3 is 0 Å². The lowest BCUT2D eigenvalue weighted by atomic mass is 10.0. The summed E-state index contributed by atoms with van der Waals surface area (Å²) in [6, 6.07) is 7.82. The first-order valence-corrected chi connectivity index (χ1v) is 5.98. The molecule has 1 aromatic rings. The van der Waals surface area contributed by atoms with Crippen LogP contribution in [-0.2, 0) is 4.79 Å². The highest BCUT2D eigenvalue weighted by Gasteiger charge is 2.22. The third-order valence-electron chi connectivity index (χ3n) is 3.27. The molecule has 1 fully saturated rings. The highest BCUT2D eigenvalue weighted by atomic mass is 16.5. The van der Waals surface area contributed by atoms with Gasteiger partial charge in [-0.05, 0) is 31.4 Å². The molecule has 0 aliphatic heterocycles. The fourth-order valence-electron chi connectivity index (χ4n) is 2.23. The second-order valence-corrected chi connectivity index (χ2v) is 4.50. The van der Waals surface area contributed by atoms with Crippen LogP contribution < -0.4 is 4.74 Å². The summed E-state index contributed by atoms with van der Waals surface area (Å²) in [7, 11) is 0. The summed E-state index contributed by atoms with van der Waals surface area (Å²) >= 11 is 0. The highest BCUT2D eigenvalue weighted by Crippen LogP contribution is 2.26. The molecule has 1 aliphatic carbocycles. The molecule has 0 amide bonds.